The summed E-state index contributed by atoms with van der Waals surface area (Å²) in [6.07, 6.45) is 2.09. The van der Waals surface area contributed by atoms with Crippen LogP contribution in [0.2, 0.25) is 0 Å². The summed E-state index contributed by atoms with van der Waals surface area (Å²) in [6.45, 7) is 6.32. The largest absolute Gasteiger partial charge is 0.493 e. The average molecular weight is 460 g/mol. The maximum absolute atomic E-state index is 13.0. The van der Waals surface area contributed by atoms with Crippen LogP contribution in [-0.4, -0.2) is 62.3 Å². The van der Waals surface area contributed by atoms with Crippen molar-refractivity contribution in [2.75, 3.05) is 40.5 Å². The lowest BCUT2D eigenvalue weighted by Gasteiger charge is -2.31. The van der Waals surface area contributed by atoms with Crippen LogP contribution in [0.4, 0.5) is 0 Å². The Morgan fingerprint density at radius 3 is 2.58 bits per heavy atom. The van der Waals surface area contributed by atoms with Gasteiger partial charge in [0.2, 0.25) is 5.91 Å². The molecule has 1 saturated heterocycles. The number of piperidine rings is 1. The van der Waals surface area contributed by atoms with Crippen molar-refractivity contribution in [1.29, 1.82) is 0 Å². The molecule has 9 heteroatoms. The normalized spacial score (nSPS) is 14.2. The van der Waals surface area contributed by atoms with Crippen LogP contribution in [0, 0.1) is 19.8 Å². The van der Waals surface area contributed by atoms with E-state index in [1.165, 1.54) is 0 Å². The number of carbonyl (C=O) groups excluding carboxylic acids is 2. The second kappa shape index (κ2) is 11.7. The molecule has 0 aliphatic carbocycles. The Hall–Kier alpha value is -3.07. The molecule has 1 aromatic heterocycles. The number of nitrogens with one attached hydrogen (secondary N) is 1. The molecule has 3 rings (SSSR count). The van der Waals surface area contributed by atoms with Gasteiger partial charge in [-0.1, -0.05) is 5.16 Å². The molecular weight excluding hydrogens is 426 g/mol. The summed E-state index contributed by atoms with van der Waals surface area (Å²) in [4.78, 5) is 27.1. The zero-order chi connectivity index (χ0) is 23.8. The Labute approximate surface area is 194 Å². The van der Waals surface area contributed by atoms with Gasteiger partial charge >= 0.3 is 0 Å². The SMILES string of the molecule is COCCCNC(=O)C1CCN(C(=O)c2ccc(OCc3c(C)noc3C)c(OC)c2)CC1. The molecule has 2 heterocycles. The summed E-state index contributed by atoms with van der Waals surface area (Å²) in [6, 6.07) is 5.17. The standard InChI is InChI=1S/C24H33N3O6/c1-16-20(17(2)33-26-16)15-32-21-7-6-19(14-22(21)31-4)24(29)27-11-8-18(9-12-27)23(28)25-10-5-13-30-3/h6-7,14,18H,5,8-13,15H2,1-4H3,(H,25,28). The van der Waals surface area contributed by atoms with Crippen LogP contribution in [0.15, 0.2) is 22.7 Å². The molecule has 1 fully saturated rings. The first-order valence-electron chi connectivity index (χ1n) is 11.2. The molecule has 0 radical (unpaired) electrons. The van der Waals surface area contributed by atoms with E-state index in [4.69, 9.17) is 18.7 Å². The number of carbonyl (C=O) groups is 2. The van der Waals surface area contributed by atoms with E-state index in [1.54, 1.807) is 37.3 Å². The van der Waals surface area contributed by atoms with Crippen LogP contribution in [0.25, 0.3) is 0 Å². The molecular formula is C24H33N3O6. The van der Waals surface area contributed by atoms with Crippen molar-refractivity contribution >= 4 is 11.8 Å². The molecule has 0 bridgehead atoms. The van der Waals surface area contributed by atoms with Gasteiger partial charge in [-0.25, -0.2) is 0 Å². The Kier molecular flexibility index (Phi) is 8.71. The fourth-order valence-electron chi connectivity index (χ4n) is 3.88. The molecule has 0 saturated carbocycles. The van der Waals surface area contributed by atoms with Crippen LogP contribution < -0.4 is 14.8 Å². The fraction of sp³-hybridized carbons (Fsp3) is 0.542. The van der Waals surface area contributed by atoms with Crippen LogP contribution in [-0.2, 0) is 16.1 Å². The maximum atomic E-state index is 13.0. The zero-order valence-electron chi connectivity index (χ0n) is 19.8. The van der Waals surface area contributed by atoms with Crippen molar-refractivity contribution in [3.8, 4) is 11.5 Å². The van der Waals surface area contributed by atoms with E-state index in [-0.39, 0.29) is 17.7 Å². The van der Waals surface area contributed by atoms with E-state index in [2.05, 4.69) is 10.5 Å². The number of benzene rings is 1. The van der Waals surface area contributed by atoms with Gasteiger partial charge in [0, 0.05) is 44.8 Å². The first-order chi connectivity index (χ1) is 15.9. The summed E-state index contributed by atoms with van der Waals surface area (Å²) < 4.78 is 21.5. The number of hydrogen-bond acceptors (Lipinski definition) is 7. The van der Waals surface area contributed by atoms with Gasteiger partial charge in [-0.05, 0) is 51.3 Å². The number of likely N-dealkylation sites (tertiary alicyclic amines) is 1. The van der Waals surface area contributed by atoms with Gasteiger partial charge in [0.1, 0.15) is 12.4 Å². The first-order valence-corrected chi connectivity index (χ1v) is 11.2. The van der Waals surface area contributed by atoms with Crippen molar-refractivity contribution < 1.29 is 28.3 Å². The number of aromatic nitrogens is 1. The van der Waals surface area contributed by atoms with Crippen LogP contribution in [0.3, 0.4) is 0 Å². The lowest BCUT2D eigenvalue weighted by molar-refractivity contribution is -0.126. The fourth-order valence-corrected chi connectivity index (χ4v) is 3.88. The lowest BCUT2D eigenvalue weighted by atomic mass is 9.95. The van der Waals surface area contributed by atoms with Crippen molar-refractivity contribution in [3.63, 3.8) is 0 Å². The second-order valence-corrected chi connectivity index (χ2v) is 8.16. The van der Waals surface area contributed by atoms with E-state index in [9.17, 15) is 9.59 Å². The van der Waals surface area contributed by atoms with E-state index in [0.717, 1.165) is 17.7 Å². The van der Waals surface area contributed by atoms with E-state index in [0.29, 0.717) is 68.5 Å². The summed E-state index contributed by atoms with van der Waals surface area (Å²) in [5.41, 5.74) is 2.20. The van der Waals surface area contributed by atoms with Gasteiger partial charge in [-0.2, -0.15) is 0 Å². The topological polar surface area (TPSA) is 103 Å². The molecule has 2 aromatic rings. The molecule has 9 nitrogen and oxygen atoms in total. The van der Waals surface area contributed by atoms with Crippen LogP contribution in [0.1, 0.15) is 46.6 Å². The minimum Gasteiger partial charge on any atom is -0.493 e. The van der Waals surface area contributed by atoms with Gasteiger partial charge in [0.05, 0.1) is 18.4 Å². The smallest absolute Gasteiger partial charge is 0.253 e. The van der Waals surface area contributed by atoms with Crippen LogP contribution in [0.5, 0.6) is 11.5 Å². The number of rotatable bonds is 10. The number of hydrogen-bond donors (Lipinski definition) is 1. The van der Waals surface area contributed by atoms with E-state index < -0.39 is 0 Å². The van der Waals surface area contributed by atoms with Crippen molar-refractivity contribution in [3.05, 3.63) is 40.8 Å². The molecule has 1 aliphatic heterocycles. The van der Waals surface area contributed by atoms with Gasteiger partial charge in [-0.15, -0.1) is 0 Å². The van der Waals surface area contributed by atoms with Crippen LogP contribution >= 0.6 is 0 Å². The molecule has 180 valence electrons. The average Bonchev–Trinajstić information content (AvgIpc) is 3.16. The summed E-state index contributed by atoms with van der Waals surface area (Å²) in [5, 5.41) is 6.88. The Bertz CT molecular complexity index is 930. The van der Waals surface area contributed by atoms with Crippen molar-refractivity contribution in [2.45, 2.75) is 39.7 Å². The minimum absolute atomic E-state index is 0.0552. The van der Waals surface area contributed by atoms with Crippen molar-refractivity contribution in [2.24, 2.45) is 5.92 Å². The minimum atomic E-state index is -0.0791. The maximum Gasteiger partial charge on any atom is 0.253 e. The third-order valence-electron chi connectivity index (χ3n) is 5.94. The molecule has 0 atom stereocenters. The van der Waals surface area contributed by atoms with Gasteiger partial charge < -0.3 is 29.0 Å². The number of amides is 2. The highest BCUT2D eigenvalue weighted by Crippen LogP contribution is 2.30. The predicted molar refractivity (Wildman–Crippen MR) is 121 cm³/mol. The highest BCUT2D eigenvalue weighted by Gasteiger charge is 2.28. The number of nitrogens with zero attached hydrogens (tertiary/aromatic N) is 2. The summed E-state index contributed by atoms with van der Waals surface area (Å²) in [7, 11) is 3.19. The lowest BCUT2D eigenvalue weighted by Crippen LogP contribution is -2.43. The highest BCUT2D eigenvalue weighted by molar-refractivity contribution is 5.95. The van der Waals surface area contributed by atoms with Crippen molar-refractivity contribution in [1.82, 2.24) is 15.4 Å². The molecule has 0 unspecified atom stereocenters. The third kappa shape index (κ3) is 6.25. The van der Waals surface area contributed by atoms with Gasteiger partial charge in [0.25, 0.3) is 5.91 Å². The second-order valence-electron chi connectivity index (χ2n) is 8.16. The molecule has 0 spiro atoms. The molecule has 1 N–H and O–H groups in total. The highest BCUT2D eigenvalue weighted by atomic mass is 16.5. The number of methoxy groups -OCH3 is 2. The first kappa shape index (κ1) is 24.6. The zero-order valence-corrected chi connectivity index (χ0v) is 19.8. The Morgan fingerprint density at radius 1 is 1.18 bits per heavy atom. The Morgan fingerprint density at radius 2 is 1.94 bits per heavy atom. The third-order valence-corrected chi connectivity index (χ3v) is 5.94. The summed E-state index contributed by atoms with van der Waals surface area (Å²) >= 11 is 0. The summed E-state index contributed by atoms with van der Waals surface area (Å²) in [5.74, 6) is 1.65. The molecule has 1 aromatic carbocycles. The molecule has 2 amide bonds. The molecule has 1 aliphatic rings. The van der Waals surface area contributed by atoms with Gasteiger partial charge in [-0.3, -0.25) is 9.59 Å². The Balaban J connectivity index is 1.55. The molecule has 33 heavy (non-hydrogen) atoms. The van der Waals surface area contributed by atoms with E-state index in [1.807, 2.05) is 13.8 Å². The number of aryl methyl sites for hydroxylation is 2. The van der Waals surface area contributed by atoms with E-state index >= 15 is 0 Å². The predicted octanol–water partition coefficient (Wildman–Crippen LogP) is 2.88. The monoisotopic (exact) mass is 459 g/mol. The quantitative estimate of drug-likeness (QED) is 0.545. The number of ether oxygens (including phenoxy) is 3. The van der Waals surface area contributed by atoms with Gasteiger partial charge in [0.15, 0.2) is 11.5 Å².